The van der Waals surface area contributed by atoms with Gasteiger partial charge >= 0.3 is 0 Å². The van der Waals surface area contributed by atoms with Crippen molar-refractivity contribution in [2.45, 2.75) is 6.04 Å². The van der Waals surface area contributed by atoms with Crippen LogP contribution in [0.15, 0.2) is 24.3 Å². The maximum atomic E-state index is 13.1. The third-order valence-corrected chi connectivity index (χ3v) is 6.33. The number of morpholine rings is 1. The fourth-order valence-electron chi connectivity index (χ4n) is 3.09. The maximum absolute atomic E-state index is 13.1. The van der Waals surface area contributed by atoms with Gasteiger partial charge in [-0.2, -0.15) is 17.0 Å². The molecule has 0 aromatic heterocycles. The van der Waals surface area contributed by atoms with Crippen LogP contribution in [0.2, 0.25) is 0 Å². The Morgan fingerprint density at radius 3 is 2.62 bits per heavy atom. The lowest BCUT2D eigenvalue weighted by molar-refractivity contribution is 0.0685. The largest absolute Gasteiger partial charge is 0.496 e. The molecule has 0 bridgehead atoms. The number of hydrogen-bond acceptors (Lipinski definition) is 5. The third kappa shape index (κ3) is 3.84. The van der Waals surface area contributed by atoms with Crippen LogP contribution < -0.4 is 10.1 Å². The number of para-hydroxylation sites is 1. The van der Waals surface area contributed by atoms with Crippen LogP contribution in [-0.2, 0) is 14.9 Å². The zero-order chi connectivity index (χ0) is 16.3. The van der Waals surface area contributed by atoms with Crippen molar-refractivity contribution in [1.29, 1.82) is 0 Å². The van der Waals surface area contributed by atoms with Crippen molar-refractivity contribution in [3.63, 3.8) is 0 Å². The topological polar surface area (TPSA) is 71.1 Å². The molecule has 0 radical (unpaired) electrons. The van der Waals surface area contributed by atoms with Crippen LogP contribution in [-0.4, -0.2) is 70.1 Å². The highest BCUT2D eigenvalue weighted by molar-refractivity contribution is 7.86. The Morgan fingerprint density at radius 1 is 1.21 bits per heavy atom. The first-order valence-electron chi connectivity index (χ1n) is 7.83. The summed E-state index contributed by atoms with van der Waals surface area (Å²) < 4.78 is 39.9. The highest BCUT2D eigenvalue weighted by Crippen LogP contribution is 2.32. The van der Waals surface area contributed by atoms with E-state index >= 15 is 0 Å². The first-order chi connectivity index (χ1) is 11.1. The van der Waals surface area contributed by atoms with Crippen molar-refractivity contribution in [3.05, 3.63) is 29.8 Å². The fraction of sp³-hybridized carbons (Fsp3) is 0.600. The summed E-state index contributed by atoms with van der Waals surface area (Å²) in [5, 5.41) is 3.28. The highest BCUT2D eigenvalue weighted by atomic mass is 35.5. The number of halogens is 1. The van der Waals surface area contributed by atoms with E-state index in [4.69, 9.17) is 9.47 Å². The molecule has 1 atom stereocenters. The van der Waals surface area contributed by atoms with Gasteiger partial charge in [-0.15, -0.1) is 12.4 Å². The Balaban J connectivity index is 0.00000208. The number of piperazine rings is 1. The molecule has 0 saturated carbocycles. The standard InChI is InChI=1S/C15H23N3O4S.ClH/c1-21-15-5-3-2-4-13(15)14-12-16-6-7-18(14)23(19,20)17-8-10-22-11-9-17;/h2-5,14,16H,6-12H2,1H3;1H. The van der Waals surface area contributed by atoms with E-state index in [1.54, 1.807) is 11.4 Å². The average molecular weight is 378 g/mol. The van der Waals surface area contributed by atoms with Gasteiger partial charge < -0.3 is 14.8 Å². The molecule has 0 amide bonds. The van der Waals surface area contributed by atoms with Crippen LogP contribution in [0.4, 0.5) is 0 Å². The molecule has 9 heteroatoms. The van der Waals surface area contributed by atoms with E-state index in [1.807, 2.05) is 24.3 Å². The molecule has 0 aliphatic carbocycles. The summed E-state index contributed by atoms with van der Waals surface area (Å²) in [4.78, 5) is 0. The Labute approximate surface area is 149 Å². The molecule has 2 fully saturated rings. The minimum Gasteiger partial charge on any atom is -0.496 e. The molecule has 1 aromatic rings. The monoisotopic (exact) mass is 377 g/mol. The van der Waals surface area contributed by atoms with E-state index in [0.717, 1.165) is 5.56 Å². The van der Waals surface area contributed by atoms with E-state index in [2.05, 4.69) is 5.32 Å². The van der Waals surface area contributed by atoms with Gasteiger partial charge in [0, 0.05) is 38.3 Å². The van der Waals surface area contributed by atoms with Gasteiger partial charge in [0.2, 0.25) is 0 Å². The van der Waals surface area contributed by atoms with Gasteiger partial charge in [-0.25, -0.2) is 0 Å². The molecule has 2 aliphatic rings. The third-order valence-electron chi connectivity index (χ3n) is 4.28. The number of methoxy groups -OCH3 is 1. The molecular formula is C15H24ClN3O4S. The van der Waals surface area contributed by atoms with Gasteiger partial charge in [-0.3, -0.25) is 0 Å². The summed E-state index contributed by atoms with van der Waals surface area (Å²) in [6.45, 7) is 3.38. The summed E-state index contributed by atoms with van der Waals surface area (Å²) in [5.41, 5.74) is 0.888. The number of benzene rings is 1. The van der Waals surface area contributed by atoms with Crippen LogP contribution in [0, 0.1) is 0 Å². The molecule has 3 rings (SSSR count). The van der Waals surface area contributed by atoms with Crippen molar-refractivity contribution in [2.24, 2.45) is 0 Å². The second-order valence-electron chi connectivity index (χ2n) is 5.59. The number of ether oxygens (including phenoxy) is 2. The van der Waals surface area contributed by atoms with Crippen molar-refractivity contribution in [3.8, 4) is 5.75 Å². The van der Waals surface area contributed by atoms with E-state index in [1.165, 1.54) is 4.31 Å². The van der Waals surface area contributed by atoms with Crippen LogP contribution in [0.5, 0.6) is 5.75 Å². The van der Waals surface area contributed by atoms with Gasteiger partial charge in [-0.05, 0) is 6.07 Å². The van der Waals surface area contributed by atoms with Crippen LogP contribution in [0.25, 0.3) is 0 Å². The lowest BCUT2D eigenvalue weighted by atomic mass is 10.0. The first kappa shape index (κ1) is 19.4. The van der Waals surface area contributed by atoms with Crippen LogP contribution in [0.1, 0.15) is 11.6 Å². The predicted octanol–water partition coefficient (Wildman–Crippen LogP) is 0.640. The van der Waals surface area contributed by atoms with E-state index < -0.39 is 10.2 Å². The molecule has 2 saturated heterocycles. The summed E-state index contributed by atoms with van der Waals surface area (Å²) in [6.07, 6.45) is 0. The molecule has 136 valence electrons. The zero-order valence-electron chi connectivity index (χ0n) is 13.7. The highest BCUT2D eigenvalue weighted by Gasteiger charge is 2.38. The minimum atomic E-state index is -3.52. The number of hydrogen-bond donors (Lipinski definition) is 1. The van der Waals surface area contributed by atoms with Gasteiger partial charge in [0.25, 0.3) is 10.2 Å². The molecule has 7 nitrogen and oxygen atoms in total. The number of rotatable bonds is 4. The summed E-state index contributed by atoms with van der Waals surface area (Å²) in [5.74, 6) is 0.711. The lowest BCUT2D eigenvalue weighted by Crippen LogP contribution is -2.55. The number of nitrogens with zero attached hydrogens (tertiary/aromatic N) is 2. The van der Waals surface area contributed by atoms with Crippen LogP contribution in [0.3, 0.4) is 0 Å². The zero-order valence-corrected chi connectivity index (χ0v) is 15.3. The lowest BCUT2D eigenvalue weighted by Gasteiger charge is -2.39. The Morgan fingerprint density at radius 2 is 1.92 bits per heavy atom. The second kappa shape index (κ2) is 8.46. The molecule has 2 aliphatic heterocycles. The minimum absolute atomic E-state index is 0. The summed E-state index contributed by atoms with van der Waals surface area (Å²) in [7, 11) is -1.91. The maximum Gasteiger partial charge on any atom is 0.282 e. The Bertz CT molecular complexity index is 637. The average Bonchev–Trinajstić information content (AvgIpc) is 2.62. The summed E-state index contributed by atoms with van der Waals surface area (Å²) >= 11 is 0. The van der Waals surface area contributed by atoms with Crippen LogP contribution >= 0.6 is 12.4 Å². The Kier molecular flexibility index (Phi) is 6.85. The second-order valence-corrected chi connectivity index (χ2v) is 7.47. The SMILES string of the molecule is COc1ccccc1C1CNCCN1S(=O)(=O)N1CCOCC1.Cl. The van der Waals surface area contributed by atoms with Gasteiger partial charge in [-0.1, -0.05) is 18.2 Å². The molecular weight excluding hydrogens is 354 g/mol. The van der Waals surface area contributed by atoms with Crippen molar-refractivity contribution in [1.82, 2.24) is 13.9 Å². The molecule has 2 heterocycles. The normalized spacial score (nSPS) is 23.5. The molecule has 24 heavy (non-hydrogen) atoms. The Hall–Kier alpha value is -0.900. The molecule has 1 unspecified atom stereocenters. The van der Waals surface area contributed by atoms with Crippen molar-refractivity contribution >= 4 is 22.6 Å². The quantitative estimate of drug-likeness (QED) is 0.833. The van der Waals surface area contributed by atoms with E-state index in [-0.39, 0.29) is 18.4 Å². The van der Waals surface area contributed by atoms with E-state index in [0.29, 0.717) is 51.7 Å². The fourth-order valence-corrected chi connectivity index (χ4v) is 4.83. The van der Waals surface area contributed by atoms with Gasteiger partial charge in [0.1, 0.15) is 5.75 Å². The smallest absolute Gasteiger partial charge is 0.282 e. The predicted molar refractivity (Wildman–Crippen MR) is 93.9 cm³/mol. The molecule has 1 aromatic carbocycles. The van der Waals surface area contributed by atoms with Crippen molar-refractivity contribution in [2.75, 3.05) is 53.0 Å². The first-order valence-corrected chi connectivity index (χ1v) is 9.22. The van der Waals surface area contributed by atoms with Gasteiger partial charge in [0.15, 0.2) is 0 Å². The molecule has 1 N–H and O–H groups in total. The van der Waals surface area contributed by atoms with Gasteiger partial charge in [0.05, 0.1) is 26.4 Å². The number of nitrogens with one attached hydrogen (secondary N) is 1. The van der Waals surface area contributed by atoms with Crippen molar-refractivity contribution < 1.29 is 17.9 Å². The van der Waals surface area contributed by atoms with E-state index in [9.17, 15) is 8.42 Å². The summed E-state index contributed by atoms with van der Waals surface area (Å²) in [6, 6.07) is 7.32. The molecule has 0 spiro atoms.